The van der Waals surface area contributed by atoms with E-state index in [9.17, 15) is 0 Å². The van der Waals surface area contributed by atoms with Crippen LogP contribution < -0.4 is 11.5 Å². The Hall–Kier alpha value is -1.55. The predicted octanol–water partition coefficient (Wildman–Crippen LogP) is 0.577. The van der Waals surface area contributed by atoms with Crippen molar-refractivity contribution >= 4 is 16.7 Å². The molecule has 1 aromatic carbocycles. The molecule has 2 aromatic rings. The van der Waals surface area contributed by atoms with Gasteiger partial charge in [0.2, 0.25) is 0 Å². The molecule has 0 atom stereocenters. The van der Waals surface area contributed by atoms with Crippen LogP contribution in [0.5, 0.6) is 0 Å². The van der Waals surface area contributed by atoms with E-state index in [2.05, 4.69) is 5.10 Å². The van der Waals surface area contributed by atoms with Gasteiger partial charge in [-0.3, -0.25) is 4.68 Å². The standard InChI is InChI=1S/C9H12N4/c10-5-6-13-8-4-2-1-3-7(8)9(11)12-13/h1-4H,5-6,10H2,(H2,11,12). The number of para-hydroxylation sites is 1. The van der Waals surface area contributed by atoms with Crippen molar-refractivity contribution in [2.24, 2.45) is 5.73 Å². The SMILES string of the molecule is NCCn1nc(N)c2ccccc21. The summed E-state index contributed by atoms with van der Waals surface area (Å²) in [6.45, 7) is 1.28. The molecule has 0 saturated heterocycles. The molecule has 0 aliphatic rings. The van der Waals surface area contributed by atoms with Crippen molar-refractivity contribution in [3.8, 4) is 0 Å². The molecule has 2 rings (SSSR count). The maximum Gasteiger partial charge on any atom is 0.153 e. The van der Waals surface area contributed by atoms with Gasteiger partial charge >= 0.3 is 0 Å². The molecular weight excluding hydrogens is 164 g/mol. The average Bonchev–Trinajstić information content (AvgIpc) is 2.46. The number of rotatable bonds is 2. The number of nitrogen functional groups attached to an aromatic ring is 1. The smallest absolute Gasteiger partial charge is 0.153 e. The highest BCUT2D eigenvalue weighted by atomic mass is 15.3. The summed E-state index contributed by atoms with van der Waals surface area (Å²) >= 11 is 0. The van der Waals surface area contributed by atoms with Crippen molar-refractivity contribution in [1.29, 1.82) is 0 Å². The molecule has 0 fully saturated rings. The Labute approximate surface area is 76.1 Å². The van der Waals surface area contributed by atoms with Gasteiger partial charge < -0.3 is 11.5 Å². The molecule has 1 aromatic heterocycles. The average molecular weight is 176 g/mol. The zero-order chi connectivity index (χ0) is 9.26. The fourth-order valence-corrected chi connectivity index (χ4v) is 1.45. The van der Waals surface area contributed by atoms with Crippen LogP contribution >= 0.6 is 0 Å². The fourth-order valence-electron chi connectivity index (χ4n) is 1.45. The van der Waals surface area contributed by atoms with Crippen molar-refractivity contribution in [3.05, 3.63) is 24.3 Å². The Balaban J connectivity index is 2.63. The van der Waals surface area contributed by atoms with Gasteiger partial charge in [-0.05, 0) is 12.1 Å². The van der Waals surface area contributed by atoms with E-state index in [0.717, 1.165) is 10.9 Å². The first-order chi connectivity index (χ1) is 6.33. The summed E-state index contributed by atoms with van der Waals surface area (Å²) in [5.41, 5.74) is 12.2. The predicted molar refractivity (Wildman–Crippen MR) is 53.2 cm³/mol. The third-order valence-corrected chi connectivity index (χ3v) is 2.03. The third kappa shape index (κ3) is 1.25. The fraction of sp³-hybridized carbons (Fsp3) is 0.222. The van der Waals surface area contributed by atoms with Crippen molar-refractivity contribution in [3.63, 3.8) is 0 Å². The number of aromatic nitrogens is 2. The van der Waals surface area contributed by atoms with Crippen molar-refractivity contribution < 1.29 is 0 Å². The minimum atomic E-state index is 0.573. The number of fused-ring (bicyclic) bond motifs is 1. The highest BCUT2D eigenvalue weighted by Crippen LogP contribution is 2.19. The summed E-state index contributed by atoms with van der Waals surface area (Å²) in [6.07, 6.45) is 0. The van der Waals surface area contributed by atoms with Gasteiger partial charge in [0.05, 0.1) is 12.1 Å². The summed E-state index contributed by atoms with van der Waals surface area (Å²) in [7, 11) is 0. The first-order valence-corrected chi connectivity index (χ1v) is 4.24. The molecule has 0 bridgehead atoms. The lowest BCUT2D eigenvalue weighted by Crippen LogP contribution is -2.10. The molecule has 0 amide bonds. The molecule has 0 radical (unpaired) electrons. The highest BCUT2D eigenvalue weighted by Gasteiger charge is 2.04. The molecule has 13 heavy (non-hydrogen) atoms. The van der Waals surface area contributed by atoms with Crippen LogP contribution in [0.2, 0.25) is 0 Å². The lowest BCUT2D eigenvalue weighted by atomic mass is 10.2. The van der Waals surface area contributed by atoms with E-state index >= 15 is 0 Å². The van der Waals surface area contributed by atoms with Crippen LogP contribution in [0.4, 0.5) is 5.82 Å². The van der Waals surface area contributed by atoms with Crippen LogP contribution in [0.1, 0.15) is 0 Å². The summed E-state index contributed by atoms with van der Waals surface area (Å²) in [5, 5.41) is 5.19. The number of benzene rings is 1. The van der Waals surface area contributed by atoms with Gasteiger partial charge in [0.25, 0.3) is 0 Å². The number of nitrogens with two attached hydrogens (primary N) is 2. The van der Waals surface area contributed by atoms with E-state index in [1.165, 1.54) is 0 Å². The molecule has 4 nitrogen and oxygen atoms in total. The first-order valence-electron chi connectivity index (χ1n) is 4.24. The van der Waals surface area contributed by atoms with Crippen LogP contribution in [0.25, 0.3) is 10.9 Å². The molecule has 0 aliphatic carbocycles. The molecule has 0 saturated carbocycles. The zero-order valence-electron chi connectivity index (χ0n) is 7.27. The Kier molecular flexibility index (Phi) is 1.90. The second kappa shape index (κ2) is 3.06. The molecule has 4 heteroatoms. The molecule has 4 N–H and O–H groups in total. The van der Waals surface area contributed by atoms with Crippen LogP contribution in [0, 0.1) is 0 Å². The van der Waals surface area contributed by atoms with Gasteiger partial charge in [-0.15, -0.1) is 0 Å². The summed E-state index contributed by atoms with van der Waals surface area (Å²) < 4.78 is 1.84. The van der Waals surface area contributed by atoms with E-state index in [1.807, 2.05) is 28.9 Å². The van der Waals surface area contributed by atoms with Gasteiger partial charge in [0, 0.05) is 11.9 Å². The van der Waals surface area contributed by atoms with Gasteiger partial charge in [-0.25, -0.2) is 0 Å². The molecule has 0 spiro atoms. The first kappa shape index (κ1) is 8.07. The van der Waals surface area contributed by atoms with Crippen LogP contribution in [-0.4, -0.2) is 16.3 Å². The maximum atomic E-state index is 5.73. The second-order valence-corrected chi connectivity index (χ2v) is 2.91. The normalized spacial score (nSPS) is 10.8. The highest BCUT2D eigenvalue weighted by molar-refractivity contribution is 5.88. The Morgan fingerprint density at radius 3 is 2.85 bits per heavy atom. The van der Waals surface area contributed by atoms with Gasteiger partial charge in [-0.2, -0.15) is 5.10 Å². The minimum Gasteiger partial charge on any atom is -0.382 e. The van der Waals surface area contributed by atoms with E-state index in [4.69, 9.17) is 11.5 Å². The van der Waals surface area contributed by atoms with Crippen molar-refractivity contribution in [2.75, 3.05) is 12.3 Å². The third-order valence-electron chi connectivity index (χ3n) is 2.03. The van der Waals surface area contributed by atoms with Crippen molar-refractivity contribution in [2.45, 2.75) is 6.54 Å². The van der Waals surface area contributed by atoms with Gasteiger partial charge in [-0.1, -0.05) is 12.1 Å². The van der Waals surface area contributed by atoms with Crippen molar-refractivity contribution in [1.82, 2.24) is 9.78 Å². The van der Waals surface area contributed by atoms with Gasteiger partial charge in [0.15, 0.2) is 5.82 Å². The zero-order valence-corrected chi connectivity index (χ0v) is 7.27. The summed E-state index contributed by atoms with van der Waals surface area (Å²) in [4.78, 5) is 0. The topological polar surface area (TPSA) is 69.9 Å². The Bertz CT molecular complexity index is 418. The molecule has 0 aliphatic heterocycles. The largest absolute Gasteiger partial charge is 0.382 e. The molecule has 68 valence electrons. The Morgan fingerprint density at radius 2 is 2.08 bits per heavy atom. The molecular formula is C9H12N4. The summed E-state index contributed by atoms with van der Waals surface area (Å²) in [6, 6.07) is 7.88. The van der Waals surface area contributed by atoms with Crippen LogP contribution in [0.3, 0.4) is 0 Å². The summed E-state index contributed by atoms with van der Waals surface area (Å²) in [5.74, 6) is 0.573. The van der Waals surface area contributed by atoms with E-state index in [0.29, 0.717) is 18.9 Å². The number of hydrogen-bond donors (Lipinski definition) is 2. The monoisotopic (exact) mass is 176 g/mol. The minimum absolute atomic E-state index is 0.573. The quantitative estimate of drug-likeness (QED) is 0.703. The number of anilines is 1. The molecule has 0 unspecified atom stereocenters. The number of hydrogen-bond acceptors (Lipinski definition) is 3. The van der Waals surface area contributed by atoms with Gasteiger partial charge in [0.1, 0.15) is 0 Å². The second-order valence-electron chi connectivity index (χ2n) is 2.91. The number of nitrogens with zero attached hydrogens (tertiary/aromatic N) is 2. The van der Waals surface area contributed by atoms with E-state index in [1.54, 1.807) is 0 Å². The van der Waals surface area contributed by atoms with Crippen LogP contribution in [0.15, 0.2) is 24.3 Å². The molecule has 1 heterocycles. The maximum absolute atomic E-state index is 5.73. The van der Waals surface area contributed by atoms with Crippen LogP contribution in [-0.2, 0) is 6.54 Å². The van der Waals surface area contributed by atoms with E-state index in [-0.39, 0.29) is 0 Å². The Morgan fingerprint density at radius 1 is 1.31 bits per heavy atom. The lowest BCUT2D eigenvalue weighted by Gasteiger charge is -1.98. The lowest BCUT2D eigenvalue weighted by molar-refractivity contribution is 0.649. The van der Waals surface area contributed by atoms with E-state index < -0.39 is 0 Å².